The Kier molecular flexibility index (Phi) is 4.95. The van der Waals surface area contributed by atoms with Gasteiger partial charge in [-0.2, -0.15) is 18.2 Å². The Bertz CT molecular complexity index is 974. The van der Waals surface area contributed by atoms with Crippen molar-refractivity contribution in [1.29, 1.82) is 0 Å². The van der Waals surface area contributed by atoms with Crippen LogP contribution >= 0.6 is 0 Å². The molecule has 0 aliphatic carbocycles. The second-order valence-electron chi connectivity index (χ2n) is 7.07. The Morgan fingerprint density at radius 1 is 1.00 bits per heavy atom. The van der Waals surface area contributed by atoms with Crippen molar-refractivity contribution in [2.75, 3.05) is 18.0 Å². The predicted molar refractivity (Wildman–Crippen MR) is 102 cm³/mol. The molecule has 5 nitrogen and oxygen atoms in total. The van der Waals surface area contributed by atoms with E-state index in [1.165, 1.54) is 6.42 Å². The monoisotopic (exact) mass is 389 g/mol. The lowest BCUT2D eigenvalue weighted by Crippen LogP contribution is -2.31. The van der Waals surface area contributed by atoms with Gasteiger partial charge >= 0.3 is 6.18 Å². The van der Waals surface area contributed by atoms with E-state index in [9.17, 15) is 13.2 Å². The van der Waals surface area contributed by atoms with Gasteiger partial charge in [0.05, 0.1) is 11.0 Å². The molecule has 0 spiro atoms. The fraction of sp³-hybridized carbons (Fsp3) is 0.450. The molecule has 1 aliphatic heterocycles. The van der Waals surface area contributed by atoms with E-state index in [-0.39, 0.29) is 11.5 Å². The predicted octanol–water partition coefficient (Wildman–Crippen LogP) is 4.78. The SMILES string of the molecule is CCCc1cc(N2CCCCC2)nc(-n2c(C(F)(F)F)nc3ccccc32)n1. The molecule has 3 aromatic rings. The number of piperidine rings is 1. The lowest BCUT2D eigenvalue weighted by atomic mass is 10.1. The minimum absolute atomic E-state index is 0.0348. The fourth-order valence-electron chi connectivity index (χ4n) is 3.66. The third-order valence-electron chi connectivity index (χ3n) is 4.95. The Morgan fingerprint density at radius 2 is 1.75 bits per heavy atom. The van der Waals surface area contributed by atoms with Crippen molar-refractivity contribution in [3.8, 4) is 5.95 Å². The summed E-state index contributed by atoms with van der Waals surface area (Å²) >= 11 is 0. The molecule has 0 unspecified atom stereocenters. The van der Waals surface area contributed by atoms with E-state index in [1.807, 2.05) is 13.0 Å². The van der Waals surface area contributed by atoms with Gasteiger partial charge < -0.3 is 4.90 Å². The van der Waals surface area contributed by atoms with Crippen molar-refractivity contribution in [2.45, 2.75) is 45.2 Å². The van der Waals surface area contributed by atoms with E-state index in [0.29, 0.717) is 17.8 Å². The lowest BCUT2D eigenvalue weighted by molar-refractivity contribution is -0.145. The zero-order valence-electron chi connectivity index (χ0n) is 15.7. The van der Waals surface area contributed by atoms with Crippen LogP contribution in [0.15, 0.2) is 30.3 Å². The van der Waals surface area contributed by atoms with Crippen LogP contribution in [0.4, 0.5) is 19.0 Å². The highest BCUT2D eigenvalue weighted by Gasteiger charge is 2.39. The first kappa shape index (κ1) is 18.7. The highest BCUT2D eigenvalue weighted by atomic mass is 19.4. The Balaban J connectivity index is 1.92. The van der Waals surface area contributed by atoms with Gasteiger partial charge in [-0.25, -0.2) is 9.97 Å². The smallest absolute Gasteiger partial charge is 0.356 e. The molecule has 28 heavy (non-hydrogen) atoms. The van der Waals surface area contributed by atoms with E-state index in [2.05, 4.69) is 19.9 Å². The molecule has 3 heterocycles. The molecule has 1 saturated heterocycles. The van der Waals surface area contributed by atoms with Gasteiger partial charge in [-0.1, -0.05) is 25.5 Å². The molecule has 0 N–H and O–H groups in total. The lowest BCUT2D eigenvalue weighted by Gasteiger charge is -2.28. The summed E-state index contributed by atoms with van der Waals surface area (Å²) in [5.41, 5.74) is 1.38. The van der Waals surface area contributed by atoms with Gasteiger partial charge in [0, 0.05) is 24.8 Å². The van der Waals surface area contributed by atoms with Crippen molar-refractivity contribution in [2.24, 2.45) is 0 Å². The molecule has 0 saturated carbocycles. The maximum atomic E-state index is 13.7. The van der Waals surface area contributed by atoms with E-state index in [4.69, 9.17) is 0 Å². The average molecular weight is 389 g/mol. The summed E-state index contributed by atoms with van der Waals surface area (Å²) in [4.78, 5) is 15.0. The molecule has 0 radical (unpaired) electrons. The molecule has 2 aromatic heterocycles. The number of anilines is 1. The third-order valence-corrected chi connectivity index (χ3v) is 4.95. The molecule has 1 fully saturated rings. The number of imidazole rings is 1. The van der Waals surface area contributed by atoms with Crippen molar-refractivity contribution in [3.63, 3.8) is 0 Å². The molecule has 8 heteroatoms. The van der Waals surface area contributed by atoms with Crippen LogP contribution in [-0.4, -0.2) is 32.6 Å². The summed E-state index contributed by atoms with van der Waals surface area (Å²) < 4.78 is 42.2. The summed E-state index contributed by atoms with van der Waals surface area (Å²) in [5.74, 6) is -0.265. The van der Waals surface area contributed by atoms with Gasteiger partial charge in [0.15, 0.2) is 0 Å². The number of rotatable bonds is 4. The van der Waals surface area contributed by atoms with Crippen molar-refractivity contribution >= 4 is 16.9 Å². The first-order chi connectivity index (χ1) is 13.5. The van der Waals surface area contributed by atoms with Crippen LogP contribution in [0.5, 0.6) is 0 Å². The molecular formula is C20H22F3N5. The quantitative estimate of drug-likeness (QED) is 0.644. The highest BCUT2D eigenvalue weighted by molar-refractivity contribution is 5.77. The zero-order valence-corrected chi connectivity index (χ0v) is 15.7. The number of halogens is 3. The standard InChI is InChI=1S/C20H22F3N5/c1-2-8-14-13-17(27-11-6-3-7-12-27)26-19(24-14)28-16-10-5-4-9-15(16)25-18(28)20(21,22)23/h4-5,9-10,13H,2-3,6-8,11-12H2,1H3. The second-order valence-corrected chi connectivity index (χ2v) is 7.07. The van der Waals surface area contributed by atoms with Gasteiger partial charge in [0.25, 0.3) is 0 Å². The molecular weight excluding hydrogens is 367 g/mol. The summed E-state index contributed by atoms with van der Waals surface area (Å²) in [6.45, 7) is 3.74. The van der Waals surface area contributed by atoms with Gasteiger partial charge in [-0.05, 0) is 37.8 Å². The number of aryl methyl sites for hydroxylation is 1. The van der Waals surface area contributed by atoms with Crippen LogP contribution in [0.1, 0.15) is 44.1 Å². The van der Waals surface area contributed by atoms with Crippen LogP contribution < -0.4 is 4.90 Å². The molecule has 1 aromatic carbocycles. The number of alkyl halides is 3. The van der Waals surface area contributed by atoms with Crippen molar-refractivity contribution in [1.82, 2.24) is 19.5 Å². The number of fused-ring (bicyclic) bond motifs is 1. The molecule has 0 amide bonds. The Hall–Kier alpha value is -2.64. The maximum absolute atomic E-state index is 13.7. The zero-order chi connectivity index (χ0) is 19.7. The Labute approximate surface area is 161 Å². The Morgan fingerprint density at radius 3 is 2.46 bits per heavy atom. The highest BCUT2D eigenvalue weighted by Crippen LogP contribution is 2.33. The van der Waals surface area contributed by atoms with E-state index in [0.717, 1.165) is 42.6 Å². The summed E-state index contributed by atoms with van der Waals surface area (Å²) in [6.07, 6.45) is 0.223. The number of aromatic nitrogens is 4. The number of hydrogen-bond acceptors (Lipinski definition) is 4. The van der Waals surface area contributed by atoms with Gasteiger partial charge in [0.1, 0.15) is 5.82 Å². The van der Waals surface area contributed by atoms with Crippen molar-refractivity contribution in [3.05, 3.63) is 41.9 Å². The third kappa shape index (κ3) is 3.55. The molecule has 0 atom stereocenters. The summed E-state index contributed by atoms with van der Waals surface area (Å²) in [7, 11) is 0. The first-order valence-corrected chi connectivity index (χ1v) is 9.65. The van der Waals surface area contributed by atoms with Crippen LogP contribution in [-0.2, 0) is 12.6 Å². The molecule has 148 valence electrons. The largest absolute Gasteiger partial charge is 0.450 e. The van der Waals surface area contributed by atoms with E-state index in [1.54, 1.807) is 24.3 Å². The number of nitrogens with zero attached hydrogens (tertiary/aromatic N) is 5. The van der Waals surface area contributed by atoms with Crippen molar-refractivity contribution < 1.29 is 13.2 Å². The minimum atomic E-state index is -4.60. The van der Waals surface area contributed by atoms with E-state index >= 15 is 0 Å². The van der Waals surface area contributed by atoms with E-state index < -0.39 is 12.0 Å². The average Bonchev–Trinajstić information content (AvgIpc) is 3.09. The van der Waals surface area contributed by atoms with Crippen LogP contribution in [0.2, 0.25) is 0 Å². The van der Waals surface area contributed by atoms with Gasteiger partial charge in [0.2, 0.25) is 11.8 Å². The fourth-order valence-corrected chi connectivity index (χ4v) is 3.66. The topological polar surface area (TPSA) is 46.8 Å². The number of benzene rings is 1. The normalized spacial score (nSPS) is 15.4. The van der Waals surface area contributed by atoms with Gasteiger partial charge in [-0.15, -0.1) is 0 Å². The molecule has 1 aliphatic rings. The van der Waals surface area contributed by atoms with Gasteiger partial charge in [-0.3, -0.25) is 4.57 Å². The number of hydrogen-bond donors (Lipinski definition) is 0. The van der Waals surface area contributed by atoms with Crippen LogP contribution in [0.3, 0.4) is 0 Å². The minimum Gasteiger partial charge on any atom is -0.356 e. The second kappa shape index (κ2) is 7.41. The first-order valence-electron chi connectivity index (χ1n) is 9.65. The molecule has 0 bridgehead atoms. The summed E-state index contributed by atoms with van der Waals surface area (Å²) in [6, 6.07) is 8.47. The summed E-state index contributed by atoms with van der Waals surface area (Å²) in [5, 5.41) is 0. The van der Waals surface area contributed by atoms with Crippen LogP contribution in [0, 0.1) is 0 Å². The molecule has 4 rings (SSSR count). The maximum Gasteiger partial charge on any atom is 0.450 e. The van der Waals surface area contributed by atoms with Crippen LogP contribution in [0.25, 0.3) is 17.0 Å². The number of para-hydroxylation sites is 2.